The first kappa shape index (κ1) is 14.5. The van der Waals surface area contributed by atoms with Gasteiger partial charge < -0.3 is 24.8 Å². The van der Waals surface area contributed by atoms with Crippen LogP contribution in [-0.2, 0) is 9.53 Å². The maximum Gasteiger partial charge on any atom is 0.586 e. The number of hydrogen-bond donors (Lipinski definition) is 2. The van der Waals surface area contributed by atoms with Gasteiger partial charge in [-0.05, 0) is 0 Å². The third-order valence-electron chi connectivity index (χ3n) is 3.38. The number of thiazole rings is 1. The summed E-state index contributed by atoms with van der Waals surface area (Å²) in [5.41, 5.74) is 0.443. The quantitative estimate of drug-likeness (QED) is 0.861. The Labute approximate surface area is 132 Å². The first-order chi connectivity index (χ1) is 11.0. The predicted molar refractivity (Wildman–Crippen MR) is 77.1 cm³/mol. The number of hydrogen-bond acceptors (Lipinski definition) is 7. The zero-order valence-electron chi connectivity index (χ0n) is 11.6. The molecule has 1 fully saturated rings. The summed E-state index contributed by atoms with van der Waals surface area (Å²) in [5, 5.41) is 6.09. The highest BCUT2D eigenvalue weighted by atomic mass is 32.1. The van der Waals surface area contributed by atoms with E-state index in [2.05, 4.69) is 25.1 Å². The summed E-state index contributed by atoms with van der Waals surface area (Å²) >= 11 is 1.16. The maximum absolute atomic E-state index is 13.0. The average molecular weight is 343 g/mol. The highest BCUT2D eigenvalue weighted by molar-refractivity contribution is 7.22. The lowest BCUT2D eigenvalue weighted by atomic mass is 10.2. The van der Waals surface area contributed by atoms with Gasteiger partial charge in [-0.25, -0.2) is 4.98 Å². The van der Waals surface area contributed by atoms with E-state index in [9.17, 15) is 13.6 Å². The fraction of sp³-hybridized carbons (Fsp3) is 0.385. The molecule has 2 aromatic rings. The number of ether oxygens (including phenoxy) is 3. The van der Waals surface area contributed by atoms with Crippen LogP contribution < -0.4 is 20.1 Å². The van der Waals surface area contributed by atoms with Gasteiger partial charge in [-0.3, -0.25) is 4.79 Å². The van der Waals surface area contributed by atoms with Crippen LogP contribution in [0.15, 0.2) is 12.1 Å². The number of halogens is 2. The molecular formula is C13H11F2N3O4S. The Morgan fingerprint density at radius 1 is 1.39 bits per heavy atom. The molecule has 1 aromatic carbocycles. The second kappa shape index (κ2) is 5.25. The molecule has 2 aliphatic heterocycles. The van der Waals surface area contributed by atoms with E-state index in [1.54, 1.807) is 0 Å². The number of anilines is 1. The van der Waals surface area contributed by atoms with Crippen LogP contribution in [0.3, 0.4) is 0 Å². The van der Waals surface area contributed by atoms with Crippen molar-refractivity contribution in [1.29, 1.82) is 0 Å². The average Bonchev–Trinajstić information content (AvgIpc) is 3.02. The topological polar surface area (TPSA) is 81.7 Å². The number of carbonyl (C=O) groups excluding carboxylic acids is 1. The van der Waals surface area contributed by atoms with E-state index in [4.69, 9.17) is 4.74 Å². The number of benzene rings is 1. The van der Waals surface area contributed by atoms with Crippen LogP contribution in [0.5, 0.6) is 11.5 Å². The zero-order valence-corrected chi connectivity index (χ0v) is 12.4. The van der Waals surface area contributed by atoms with Crippen LogP contribution in [0.25, 0.3) is 10.2 Å². The molecule has 1 atom stereocenters. The highest BCUT2D eigenvalue weighted by Gasteiger charge is 2.43. The van der Waals surface area contributed by atoms with Crippen molar-refractivity contribution in [2.45, 2.75) is 12.3 Å². The van der Waals surface area contributed by atoms with E-state index < -0.39 is 12.3 Å². The third kappa shape index (κ3) is 2.80. The number of fused-ring (bicyclic) bond motifs is 2. The molecule has 122 valence electrons. The molecule has 10 heteroatoms. The number of morpholine rings is 1. The number of nitrogens with zero attached hydrogens (tertiary/aromatic N) is 1. The SMILES string of the molecule is O=C(Nc1nc2cc3c(cc2s1)OC(F)(F)O3)C1COCCN1. The molecular weight excluding hydrogens is 332 g/mol. The van der Waals surface area contributed by atoms with Crippen molar-refractivity contribution in [1.82, 2.24) is 10.3 Å². The third-order valence-corrected chi connectivity index (χ3v) is 4.31. The first-order valence-electron chi connectivity index (χ1n) is 6.83. The Morgan fingerprint density at radius 3 is 2.91 bits per heavy atom. The Hall–Kier alpha value is -2.04. The number of nitrogens with one attached hydrogen (secondary N) is 2. The van der Waals surface area contributed by atoms with Crippen molar-refractivity contribution >= 4 is 32.6 Å². The first-order valence-corrected chi connectivity index (χ1v) is 7.64. The monoisotopic (exact) mass is 343 g/mol. The lowest BCUT2D eigenvalue weighted by Gasteiger charge is -2.22. The number of carbonyl (C=O) groups is 1. The summed E-state index contributed by atoms with van der Waals surface area (Å²) in [6.07, 6.45) is -3.66. The van der Waals surface area contributed by atoms with E-state index in [0.29, 0.717) is 35.1 Å². The van der Waals surface area contributed by atoms with Gasteiger partial charge in [0, 0.05) is 18.7 Å². The Bertz CT molecular complexity index is 731. The van der Waals surface area contributed by atoms with Gasteiger partial charge in [0.05, 0.1) is 23.4 Å². The molecule has 1 unspecified atom stereocenters. The van der Waals surface area contributed by atoms with Gasteiger partial charge in [-0.1, -0.05) is 11.3 Å². The van der Waals surface area contributed by atoms with Gasteiger partial charge in [-0.2, -0.15) is 0 Å². The lowest BCUT2D eigenvalue weighted by Crippen LogP contribution is -2.48. The minimum atomic E-state index is -3.66. The van der Waals surface area contributed by atoms with E-state index >= 15 is 0 Å². The van der Waals surface area contributed by atoms with Gasteiger partial charge in [0.1, 0.15) is 6.04 Å². The molecule has 3 heterocycles. The molecule has 23 heavy (non-hydrogen) atoms. The Kier molecular flexibility index (Phi) is 3.32. The summed E-state index contributed by atoms with van der Waals surface area (Å²) in [6, 6.07) is 2.34. The molecule has 0 bridgehead atoms. The van der Waals surface area contributed by atoms with E-state index in [1.807, 2.05) is 0 Å². The van der Waals surface area contributed by atoms with Gasteiger partial charge in [0.15, 0.2) is 16.6 Å². The van der Waals surface area contributed by atoms with Crippen LogP contribution in [0.2, 0.25) is 0 Å². The van der Waals surface area contributed by atoms with Crippen LogP contribution in [0, 0.1) is 0 Å². The van der Waals surface area contributed by atoms with E-state index in [-0.39, 0.29) is 17.4 Å². The van der Waals surface area contributed by atoms with E-state index in [1.165, 1.54) is 12.1 Å². The van der Waals surface area contributed by atoms with Crippen LogP contribution in [0.1, 0.15) is 0 Å². The minimum Gasteiger partial charge on any atom is -0.395 e. The van der Waals surface area contributed by atoms with E-state index in [0.717, 1.165) is 11.3 Å². The standard InChI is InChI=1S/C13H11F2N3O4S/c14-13(15)21-8-3-6-10(4-9(8)22-13)23-12(17-6)18-11(19)7-5-20-2-1-16-7/h3-4,7,16H,1-2,5H2,(H,17,18,19). The molecule has 0 aliphatic carbocycles. The summed E-state index contributed by atoms with van der Waals surface area (Å²) in [5.74, 6) is -0.380. The zero-order chi connectivity index (χ0) is 16.0. The molecule has 2 aliphatic rings. The molecule has 0 spiro atoms. The fourth-order valence-electron chi connectivity index (χ4n) is 2.35. The smallest absolute Gasteiger partial charge is 0.395 e. The summed E-state index contributed by atoms with van der Waals surface area (Å²) in [7, 11) is 0. The molecule has 7 nitrogen and oxygen atoms in total. The van der Waals surface area contributed by atoms with Crippen molar-refractivity contribution < 1.29 is 27.8 Å². The molecule has 1 aromatic heterocycles. The molecule has 0 saturated carbocycles. The number of aromatic nitrogens is 1. The second-order valence-corrected chi connectivity index (χ2v) is 6.05. The summed E-state index contributed by atoms with van der Waals surface area (Å²) in [4.78, 5) is 16.3. The fourth-order valence-corrected chi connectivity index (χ4v) is 3.23. The minimum absolute atomic E-state index is 0.0497. The van der Waals surface area contributed by atoms with Crippen LogP contribution in [-0.4, -0.2) is 43.0 Å². The summed E-state index contributed by atoms with van der Waals surface area (Å²) in [6.45, 7) is 1.47. The van der Waals surface area contributed by atoms with Crippen LogP contribution >= 0.6 is 11.3 Å². The van der Waals surface area contributed by atoms with Crippen molar-refractivity contribution in [3.63, 3.8) is 0 Å². The molecule has 1 saturated heterocycles. The van der Waals surface area contributed by atoms with Gasteiger partial charge in [-0.15, -0.1) is 8.78 Å². The Morgan fingerprint density at radius 2 is 2.17 bits per heavy atom. The van der Waals surface area contributed by atoms with Gasteiger partial charge >= 0.3 is 6.29 Å². The molecule has 2 N–H and O–H groups in total. The van der Waals surface area contributed by atoms with Crippen molar-refractivity contribution in [3.8, 4) is 11.5 Å². The predicted octanol–water partition coefficient (Wildman–Crippen LogP) is 1.54. The lowest BCUT2D eigenvalue weighted by molar-refractivity contribution is -0.286. The van der Waals surface area contributed by atoms with Crippen molar-refractivity contribution in [2.24, 2.45) is 0 Å². The van der Waals surface area contributed by atoms with Gasteiger partial charge in [0.25, 0.3) is 0 Å². The largest absolute Gasteiger partial charge is 0.586 e. The summed E-state index contributed by atoms with van der Waals surface area (Å²) < 4.78 is 40.6. The number of amides is 1. The second-order valence-electron chi connectivity index (χ2n) is 5.02. The molecule has 4 rings (SSSR count). The Balaban J connectivity index is 1.55. The highest BCUT2D eigenvalue weighted by Crippen LogP contribution is 2.44. The molecule has 1 amide bonds. The maximum atomic E-state index is 13.0. The van der Waals surface area contributed by atoms with Crippen molar-refractivity contribution in [2.75, 3.05) is 25.1 Å². The molecule has 0 radical (unpaired) electrons. The van der Waals surface area contributed by atoms with Crippen LogP contribution in [0.4, 0.5) is 13.9 Å². The number of alkyl halides is 2. The van der Waals surface area contributed by atoms with Crippen molar-refractivity contribution in [3.05, 3.63) is 12.1 Å². The number of rotatable bonds is 2. The normalized spacial score (nSPS) is 22.3. The van der Waals surface area contributed by atoms with Gasteiger partial charge in [0.2, 0.25) is 5.91 Å².